The van der Waals surface area contributed by atoms with Crippen molar-refractivity contribution < 1.29 is 4.79 Å². The smallest absolute Gasteiger partial charge is 0.220 e. The van der Waals surface area contributed by atoms with E-state index in [9.17, 15) is 4.79 Å². The first-order valence-corrected chi connectivity index (χ1v) is 6.34. The van der Waals surface area contributed by atoms with E-state index in [-0.39, 0.29) is 30.7 Å². The SMILES string of the molecule is Cc1nc(CCNC(=O)CCCN)sc1C.Cl.Cl. The minimum absolute atomic E-state index is 0. The Morgan fingerprint density at radius 1 is 1.39 bits per heavy atom. The lowest BCUT2D eigenvalue weighted by Gasteiger charge is -2.02. The van der Waals surface area contributed by atoms with Gasteiger partial charge in [0, 0.05) is 24.3 Å². The maximum absolute atomic E-state index is 11.3. The topological polar surface area (TPSA) is 68.0 Å². The van der Waals surface area contributed by atoms with Crippen molar-refractivity contribution in [2.45, 2.75) is 33.1 Å². The van der Waals surface area contributed by atoms with Crippen LogP contribution in [-0.4, -0.2) is 24.0 Å². The van der Waals surface area contributed by atoms with Crippen LogP contribution in [0.25, 0.3) is 0 Å². The third kappa shape index (κ3) is 7.16. The second kappa shape index (κ2) is 10.6. The molecule has 1 aromatic heterocycles. The zero-order valence-corrected chi connectivity index (χ0v) is 13.1. The van der Waals surface area contributed by atoms with E-state index in [2.05, 4.69) is 17.2 Å². The Hall–Kier alpha value is -0.360. The van der Waals surface area contributed by atoms with Gasteiger partial charge in [0.2, 0.25) is 5.91 Å². The molecule has 3 N–H and O–H groups in total. The van der Waals surface area contributed by atoms with Gasteiger partial charge in [0.1, 0.15) is 0 Å². The van der Waals surface area contributed by atoms with Gasteiger partial charge in [-0.3, -0.25) is 4.79 Å². The first-order chi connectivity index (χ1) is 7.63. The fraction of sp³-hybridized carbons (Fsp3) is 0.636. The molecule has 1 rings (SSSR count). The lowest BCUT2D eigenvalue weighted by molar-refractivity contribution is -0.121. The summed E-state index contributed by atoms with van der Waals surface area (Å²) in [6, 6.07) is 0. The van der Waals surface area contributed by atoms with Crippen LogP contribution in [0.1, 0.15) is 28.4 Å². The first-order valence-electron chi connectivity index (χ1n) is 5.53. The van der Waals surface area contributed by atoms with Crippen molar-refractivity contribution in [1.29, 1.82) is 0 Å². The third-order valence-corrected chi connectivity index (χ3v) is 3.47. The minimum atomic E-state index is 0. The number of thiazole rings is 1. The van der Waals surface area contributed by atoms with Crippen molar-refractivity contribution in [2.75, 3.05) is 13.1 Å². The van der Waals surface area contributed by atoms with Gasteiger partial charge in [0.15, 0.2) is 0 Å². The summed E-state index contributed by atoms with van der Waals surface area (Å²) >= 11 is 1.70. The molecule has 0 saturated heterocycles. The van der Waals surface area contributed by atoms with Gasteiger partial charge >= 0.3 is 0 Å². The summed E-state index contributed by atoms with van der Waals surface area (Å²) in [7, 11) is 0. The zero-order valence-electron chi connectivity index (χ0n) is 10.7. The van der Waals surface area contributed by atoms with Gasteiger partial charge in [-0.2, -0.15) is 0 Å². The molecule has 18 heavy (non-hydrogen) atoms. The number of carbonyl (C=O) groups excluding carboxylic acids is 1. The standard InChI is InChI=1S/C11H19N3OS.2ClH/c1-8-9(2)16-11(14-8)5-7-13-10(15)4-3-6-12;;/h3-7,12H2,1-2H3,(H,13,15);2*1H. The molecule has 0 radical (unpaired) electrons. The molecule has 4 nitrogen and oxygen atoms in total. The Balaban J connectivity index is 0. The summed E-state index contributed by atoms with van der Waals surface area (Å²) in [6.45, 7) is 5.31. The maximum Gasteiger partial charge on any atom is 0.220 e. The molecule has 0 aliphatic heterocycles. The fourth-order valence-corrected chi connectivity index (χ4v) is 2.24. The van der Waals surface area contributed by atoms with Crippen molar-refractivity contribution in [3.05, 3.63) is 15.6 Å². The van der Waals surface area contributed by atoms with E-state index in [4.69, 9.17) is 5.73 Å². The average molecular weight is 314 g/mol. The fourth-order valence-electron chi connectivity index (χ4n) is 1.31. The van der Waals surface area contributed by atoms with Crippen LogP contribution in [-0.2, 0) is 11.2 Å². The van der Waals surface area contributed by atoms with Crippen LogP contribution >= 0.6 is 36.2 Å². The number of carbonyl (C=O) groups is 1. The van der Waals surface area contributed by atoms with E-state index < -0.39 is 0 Å². The van der Waals surface area contributed by atoms with Crippen LogP contribution in [0, 0.1) is 13.8 Å². The van der Waals surface area contributed by atoms with E-state index in [1.807, 2.05) is 6.92 Å². The number of hydrogen-bond donors (Lipinski definition) is 2. The summed E-state index contributed by atoms with van der Waals surface area (Å²) in [4.78, 5) is 17.0. The molecule has 1 amide bonds. The molecule has 0 aliphatic carbocycles. The van der Waals surface area contributed by atoms with Gasteiger partial charge in [-0.1, -0.05) is 0 Å². The van der Waals surface area contributed by atoms with E-state index in [1.165, 1.54) is 4.88 Å². The number of aryl methyl sites for hydroxylation is 2. The van der Waals surface area contributed by atoms with Crippen LogP contribution in [0.5, 0.6) is 0 Å². The number of nitrogens with two attached hydrogens (primary N) is 1. The molecular weight excluding hydrogens is 293 g/mol. The molecule has 106 valence electrons. The first kappa shape index (κ1) is 20.0. The Bertz CT molecular complexity index is 339. The number of nitrogens with zero attached hydrogens (tertiary/aromatic N) is 1. The van der Waals surface area contributed by atoms with E-state index in [0.29, 0.717) is 19.5 Å². The zero-order chi connectivity index (χ0) is 12.0. The van der Waals surface area contributed by atoms with Gasteiger partial charge < -0.3 is 11.1 Å². The Kier molecular flexibility index (Phi) is 11.7. The lowest BCUT2D eigenvalue weighted by Crippen LogP contribution is -2.25. The minimum Gasteiger partial charge on any atom is -0.356 e. The number of aromatic nitrogens is 1. The molecule has 0 atom stereocenters. The van der Waals surface area contributed by atoms with Gasteiger partial charge in [0.05, 0.1) is 10.7 Å². The third-order valence-electron chi connectivity index (χ3n) is 2.34. The van der Waals surface area contributed by atoms with Crippen molar-refractivity contribution in [1.82, 2.24) is 10.3 Å². The Morgan fingerprint density at radius 2 is 2.06 bits per heavy atom. The lowest BCUT2D eigenvalue weighted by atomic mass is 10.3. The highest BCUT2D eigenvalue weighted by molar-refractivity contribution is 7.11. The molecule has 0 aliphatic rings. The van der Waals surface area contributed by atoms with Gasteiger partial charge in [-0.05, 0) is 26.8 Å². The highest BCUT2D eigenvalue weighted by atomic mass is 35.5. The monoisotopic (exact) mass is 313 g/mol. The van der Waals surface area contributed by atoms with Crippen LogP contribution in [0.2, 0.25) is 0 Å². The van der Waals surface area contributed by atoms with Crippen molar-refractivity contribution in [3.8, 4) is 0 Å². The maximum atomic E-state index is 11.3. The second-order valence-corrected chi connectivity index (χ2v) is 5.03. The normalized spacial score (nSPS) is 9.28. The molecule has 1 aromatic rings. The van der Waals surface area contributed by atoms with Crippen LogP contribution in [0.15, 0.2) is 0 Å². The molecule has 1 heterocycles. The van der Waals surface area contributed by atoms with Crippen LogP contribution < -0.4 is 11.1 Å². The highest BCUT2D eigenvalue weighted by Gasteiger charge is 2.04. The summed E-state index contributed by atoms with van der Waals surface area (Å²) in [5.41, 5.74) is 6.42. The van der Waals surface area contributed by atoms with Gasteiger partial charge in [0.25, 0.3) is 0 Å². The molecule has 0 saturated carbocycles. The number of nitrogens with one attached hydrogen (secondary N) is 1. The predicted molar refractivity (Wildman–Crippen MR) is 81.1 cm³/mol. The van der Waals surface area contributed by atoms with E-state index >= 15 is 0 Å². The molecule has 0 bridgehead atoms. The Morgan fingerprint density at radius 3 is 2.56 bits per heavy atom. The van der Waals surface area contributed by atoms with Crippen molar-refractivity contribution in [2.24, 2.45) is 5.73 Å². The molecular formula is C11H21Cl2N3OS. The second-order valence-electron chi connectivity index (χ2n) is 3.74. The van der Waals surface area contributed by atoms with Crippen molar-refractivity contribution in [3.63, 3.8) is 0 Å². The Labute approximate surface area is 125 Å². The number of hydrogen-bond acceptors (Lipinski definition) is 4. The molecule has 0 unspecified atom stereocenters. The summed E-state index contributed by atoms with van der Waals surface area (Å²) < 4.78 is 0. The highest BCUT2D eigenvalue weighted by Crippen LogP contribution is 2.16. The van der Waals surface area contributed by atoms with E-state index in [0.717, 1.165) is 23.5 Å². The summed E-state index contributed by atoms with van der Waals surface area (Å²) in [5, 5.41) is 3.96. The quantitative estimate of drug-likeness (QED) is 0.844. The van der Waals surface area contributed by atoms with Gasteiger partial charge in [-0.15, -0.1) is 36.2 Å². The number of rotatable bonds is 6. The van der Waals surface area contributed by atoms with Crippen LogP contribution in [0.4, 0.5) is 0 Å². The van der Waals surface area contributed by atoms with E-state index in [1.54, 1.807) is 11.3 Å². The van der Waals surface area contributed by atoms with Gasteiger partial charge in [-0.25, -0.2) is 4.98 Å². The summed E-state index contributed by atoms with van der Waals surface area (Å²) in [6.07, 6.45) is 2.08. The molecule has 0 aromatic carbocycles. The van der Waals surface area contributed by atoms with Crippen LogP contribution in [0.3, 0.4) is 0 Å². The molecule has 7 heteroatoms. The number of amides is 1. The summed E-state index contributed by atoms with van der Waals surface area (Å²) in [5.74, 6) is 0.0791. The largest absolute Gasteiger partial charge is 0.356 e. The predicted octanol–water partition coefficient (Wildman–Crippen LogP) is 2.00. The average Bonchev–Trinajstić information content (AvgIpc) is 2.55. The van der Waals surface area contributed by atoms with Crippen molar-refractivity contribution >= 4 is 42.1 Å². The molecule has 0 spiro atoms. The molecule has 0 fully saturated rings. The number of halogens is 2.